The maximum Gasteiger partial charge on any atom is 0.129 e. The van der Waals surface area contributed by atoms with Gasteiger partial charge in [0.25, 0.3) is 0 Å². The second kappa shape index (κ2) is 6.47. The highest BCUT2D eigenvalue weighted by atomic mass is 79.9. The number of benzene rings is 1. The second-order valence-corrected chi connectivity index (χ2v) is 4.35. The number of hydrogen-bond donors (Lipinski definition) is 0. The predicted octanol–water partition coefficient (Wildman–Crippen LogP) is 3.64. The predicted molar refractivity (Wildman–Crippen MR) is 68.0 cm³/mol. The number of furan rings is 1. The Bertz CT molecular complexity index is 440. The van der Waals surface area contributed by atoms with Gasteiger partial charge in [-0.3, -0.25) is 0 Å². The molecule has 0 aliphatic heterocycles. The molecule has 0 atom stereocenters. The van der Waals surface area contributed by atoms with E-state index >= 15 is 0 Å². The number of halogens is 1. The average molecular weight is 297 g/mol. The van der Waals surface area contributed by atoms with Crippen molar-refractivity contribution in [2.45, 2.75) is 6.61 Å². The van der Waals surface area contributed by atoms with E-state index in [4.69, 9.17) is 13.9 Å². The molecule has 2 rings (SSSR count). The quantitative estimate of drug-likeness (QED) is 0.763. The van der Waals surface area contributed by atoms with E-state index in [1.807, 2.05) is 36.4 Å². The van der Waals surface area contributed by atoms with Crippen LogP contribution in [-0.4, -0.2) is 13.2 Å². The Hall–Kier alpha value is -1.26. The first-order chi connectivity index (χ1) is 8.34. The summed E-state index contributed by atoms with van der Waals surface area (Å²) >= 11 is 3.39. The van der Waals surface area contributed by atoms with Crippen LogP contribution in [0.1, 0.15) is 5.76 Å². The van der Waals surface area contributed by atoms with E-state index in [1.165, 1.54) is 0 Å². The zero-order chi connectivity index (χ0) is 11.9. The third-order valence-corrected chi connectivity index (χ3v) is 2.61. The first-order valence-corrected chi connectivity index (χ1v) is 6.12. The summed E-state index contributed by atoms with van der Waals surface area (Å²) in [6, 6.07) is 11.5. The molecule has 0 saturated carbocycles. The van der Waals surface area contributed by atoms with Crippen LogP contribution >= 0.6 is 15.9 Å². The van der Waals surface area contributed by atoms with Gasteiger partial charge in [-0.15, -0.1) is 0 Å². The Morgan fingerprint density at radius 2 is 2.06 bits per heavy atom. The molecular formula is C13H13BrO3. The summed E-state index contributed by atoms with van der Waals surface area (Å²) in [5.74, 6) is 1.66. The molecule has 4 heteroatoms. The van der Waals surface area contributed by atoms with Gasteiger partial charge >= 0.3 is 0 Å². The van der Waals surface area contributed by atoms with Crippen LogP contribution in [-0.2, 0) is 11.3 Å². The van der Waals surface area contributed by atoms with Crippen molar-refractivity contribution >= 4 is 15.9 Å². The SMILES string of the molecule is Brc1cccc(OCCOCc2ccco2)c1. The summed E-state index contributed by atoms with van der Waals surface area (Å²) in [4.78, 5) is 0. The fraction of sp³-hybridized carbons (Fsp3) is 0.231. The first kappa shape index (κ1) is 12.2. The maximum absolute atomic E-state index is 5.52. The highest BCUT2D eigenvalue weighted by Crippen LogP contribution is 2.17. The van der Waals surface area contributed by atoms with Crippen LogP contribution in [0.2, 0.25) is 0 Å². The molecule has 0 aliphatic carbocycles. The summed E-state index contributed by atoms with van der Waals surface area (Å²) in [6.45, 7) is 1.54. The molecule has 0 bridgehead atoms. The van der Waals surface area contributed by atoms with Crippen molar-refractivity contribution in [2.75, 3.05) is 13.2 Å². The first-order valence-electron chi connectivity index (χ1n) is 5.33. The fourth-order valence-electron chi connectivity index (χ4n) is 1.34. The largest absolute Gasteiger partial charge is 0.491 e. The van der Waals surface area contributed by atoms with Gasteiger partial charge in [0.15, 0.2) is 0 Å². The van der Waals surface area contributed by atoms with Gasteiger partial charge in [-0.2, -0.15) is 0 Å². The lowest BCUT2D eigenvalue weighted by Crippen LogP contribution is -2.06. The normalized spacial score (nSPS) is 10.4. The van der Waals surface area contributed by atoms with Crippen molar-refractivity contribution < 1.29 is 13.9 Å². The Morgan fingerprint density at radius 3 is 2.82 bits per heavy atom. The topological polar surface area (TPSA) is 31.6 Å². The van der Waals surface area contributed by atoms with Crippen molar-refractivity contribution in [2.24, 2.45) is 0 Å². The molecule has 0 unspecified atom stereocenters. The molecule has 1 aromatic heterocycles. The van der Waals surface area contributed by atoms with Gasteiger partial charge < -0.3 is 13.9 Å². The lowest BCUT2D eigenvalue weighted by atomic mass is 10.3. The van der Waals surface area contributed by atoms with Crippen LogP contribution in [0.5, 0.6) is 5.75 Å². The third kappa shape index (κ3) is 4.24. The molecule has 0 aliphatic rings. The minimum atomic E-state index is 0.481. The van der Waals surface area contributed by atoms with Crippen LogP contribution in [0, 0.1) is 0 Å². The number of hydrogen-bond acceptors (Lipinski definition) is 3. The van der Waals surface area contributed by atoms with E-state index < -0.39 is 0 Å². The van der Waals surface area contributed by atoms with Gasteiger partial charge in [-0.25, -0.2) is 0 Å². The number of rotatable bonds is 6. The molecule has 1 aromatic carbocycles. The summed E-state index contributed by atoms with van der Waals surface area (Å²) in [6.07, 6.45) is 1.64. The molecule has 1 heterocycles. The average Bonchev–Trinajstić information content (AvgIpc) is 2.82. The number of ether oxygens (including phenoxy) is 2. The van der Waals surface area contributed by atoms with E-state index in [0.29, 0.717) is 19.8 Å². The Kier molecular flexibility index (Phi) is 4.64. The van der Waals surface area contributed by atoms with Gasteiger partial charge in [0.05, 0.1) is 12.9 Å². The monoisotopic (exact) mass is 296 g/mol. The summed E-state index contributed by atoms with van der Waals surface area (Å²) in [7, 11) is 0. The summed E-state index contributed by atoms with van der Waals surface area (Å²) in [5.41, 5.74) is 0. The van der Waals surface area contributed by atoms with Gasteiger partial charge in [0, 0.05) is 4.47 Å². The van der Waals surface area contributed by atoms with Crippen LogP contribution in [0.15, 0.2) is 51.6 Å². The highest BCUT2D eigenvalue weighted by Gasteiger charge is 1.97. The molecule has 0 radical (unpaired) electrons. The van der Waals surface area contributed by atoms with Crippen molar-refractivity contribution in [1.29, 1.82) is 0 Å². The molecule has 0 N–H and O–H groups in total. The van der Waals surface area contributed by atoms with Crippen LogP contribution in [0.25, 0.3) is 0 Å². The molecule has 0 saturated heterocycles. The Labute approximate surface area is 108 Å². The zero-order valence-corrected chi connectivity index (χ0v) is 10.9. The molecular weight excluding hydrogens is 284 g/mol. The maximum atomic E-state index is 5.52. The lowest BCUT2D eigenvalue weighted by Gasteiger charge is -2.06. The molecule has 90 valence electrons. The fourth-order valence-corrected chi connectivity index (χ4v) is 1.72. The Morgan fingerprint density at radius 1 is 1.12 bits per heavy atom. The second-order valence-electron chi connectivity index (χ2n) is 3.44. The van der Waals surface area contributed by atoms with Crippen LogP contribution in [0.3, 0.4) is 0 Å². The van der Waals surface area contributed by atoms with Crippen LogP contribution < -0.4 is 4.74 Å². The van der Waals surface area contributed by atoms with Gasteiger partial charge in [-0.05, 0) is 30.3 Å². The summed E-state index contributed by atoms with van der Waals surface area (Å²) in [5, 5.41) is 0. The standard InChI is InChI=1S/C13H13BrO3/c14-11-3-1-4-12(9-11)17-8-7-15-10-13-5-2-6-16-13/h1-6,9H,7-8,10H2. The zero-order valence-electron chi connectivity index (χ0n) is 9.27. The lowest BCUT2D eigenvalue weighted by molar-refractivity contribution is 0.0781. The van der Waals surface area contributed by atoms with Crippen molar-refractivity contribution in [1.82, 2.24) is 0 Å². The van der Waals surface area contributed by atoms with Crippen molar-refractivity contribution in [3.8, 4) is 5.75 Å². The third-order valence-electron chi connectivity index (χ3n) is 2.12. The van der Waals surface area contributed by atoms with Gasteiger partial charge in [-0.1, -0.05) is 22.0 Å². The van der Waals surface area contributed by atoms with E-state index in [9.17, 15) is 0 Å². The molecule has 0 fully saturated rings. The molecule has 0 spiro atoms. The van der Waals surface area contributed by atoms with E-state index in [2.05, 4.69) is 15.9 Å². The van der Waals surface area contributed by atoms with Crippen molar-refractivity contribution in [3.63, 3.8) is 0 Å². The van der Waals surface area contributed by atoms with Crippen LogP contribution in [0.4, 0.5) is 0 Å². The van der Waals surface area contributed by atoms with Gasteiger partial charge in [0.2, 0.25) is 0 Å². The van der Waals surface area contributed by atoms with E-state index in [1.54, 1.807) is 6.26 Å². The van der Waals surface area contributed by atoms with E-state index in [0.717, 1.165) is 16.0 Å². The molecule has 3 nitrogen and oxygen atoms in total. The molecule has 0 amide bonds. The minimum absolute atomic E-state index is 0.481. The molecule has 17 heavy (non-hydrogen) atoms. The van der Waals surface area contributed by atoms with Crippen molar-refractivity contribution in [3.05, 3.63) is 52.9 Å². The van der Waals surface area contributed by atoms with Gasteiger partial charge in [0.1, 0.15) is 24.7 Å². The van der Waals surface area contributed by atoms with E-state index in [-0.39, 0.29) is 0 Å². The Balaban J connectivity index is 1.63. The minimum Gasteiger partial charge on any atom is -0.491 e. The highest BCUT2D eigenvalue weighted by molar-refractivity contribution is 9.10. The summed E-state index contributed by atoms with van der Waals surface area (Å²) < 4.78 is 17.1. The smallest absolute Gasteiger partial charge is 0.129 e. The molecule has 2 aromatic rings.